The molecular formula is C15H18N2O. The summed E-state index contributed by atoms with van der Waals surface area (Å²) < 4.78 is 2.16. The molecule has 0 spiro atoms. The van der Waals surface area contributed by atoms with Crippen LogP contribution >= 0.6 is 0 Å². The number of rotatable bonds is 3. The summed E-state index contributed by atoms with van der Waals surface area (Å²) >= 11 is 0. The fourth-order valence-electron chi connectivity index (χ4n) is 2.58. The molecule has 0 aliphatic rings. The third kappa shape index (κ3) is 1.74. The van der Waals surface area contributed by atoms with Crippen molar-refractivity contribution in [2.45, 2.75) is 39.7 Å². The van der Waals surface area contributed by atoms with Crippen LogP contribution in [0.3, 0.4) is 0 Å². The van der Waals surface area contributed by atoms with Crippen molar-refractivity contribution in [2.75, 3.05) is 0 Å². The van der Waals surface area contributed by atoms with Crippen LogP contribution in [0.1, 0.15) is 44.4 Å². The minimum Gasteiger partial charge on any atom is -0.507 e. The first-order valence-electron chi connectivity index (χ1n) is 6.36. The van der Waals surface area contributed by atoms with Gasteiger partial charge < -0.3 is 9.67 Å². The lowest BCUT2D eigenvalue weighted by molar-refractivity contribution is 0.481. The first-order chi connectivity index (χ1) is 8.61. The van der Waals surface area contributed by atoms with Gasteiger partial charge in [0.15, 0.2) is 0 Å². The van der Waals surface area contributed by atoms with Crippen molar-refractivity contribution >= 4 is 10.9 Å². The van der Waals surface area contributed by atoms with Crippen LogP contribution in [0.25, 0.3) is 10.9 Å². The molecule has 18 heavy (non-hydrogen) atoms. The molecule has 0 unspecified atom stereocenters. The van der Waals surface area contributed by atoms with Crippen molar-refractivity contribution in [1.29, 1.82) is 5.26 Å². The molecule has 0 saturated carbocycles. The molecular weight excluding hydrogens is 224 g/mol. The highest BCUT2D eigenvalue weighted by molar-refractivity contribution is 5.93. The van der Waals surface area contributed by atoms with Gasteiger partial charge in [0.05, 0.1) is 16.5 Å². The highest BCUT2D eigenvalue weighted by atomic mass is 16.3. The average molecular weight is 242 g/mol. The Kier molecular flexibility index (Phi) is 3.29. The molecule has 0 aliphatic carbocycles. The standard InChI is InChI=1S/C15H18N2O/c1-4-8-17-12-6-5-7-13(18)14(12)11(9-16)15(17)10(2)3/h5-7,10,18H,4,8H2,1-3H3. The summed E-state index contributed by atoms with van der Waals surface area (Å²) in [6.45, 7) is 7.15. The molecule has 1 aromatic carbocycles. The van der Waals surface area contributed by atoms with E-state index in [0.717, 1.165) is 24.2 Å². The number of aryl methyl sites for hydroxylation is 1. The zero-order chi connectivity index (χ0) is 13.3. The van der Waals surface area contributed by atoms with Gasteiger partial charge in [0.2, 0.25) is 0 Å². The highest BCUT2D eigenvalue weighted by Crippen LogP contribution is 2.35. The van der Waals surface area contributed by atoms with E-state index in [1.54, 1.807) is 6.07 Å². The summed E-state index contributed by atoms with van der Waals surface area (Å²) in [5.41, 5.74) is 2.60. The van der Waals surface area contributed by atoms with Gasteiger partial charge in [0.1, 0.15) is 11.8 Å². The number of phenolic OH excluding ortho intramolecular Hbond substituents is 1. The third-order valence-corrected chi connectivity index (χ3v) is 3.21. The van der Waals surface area contributed by atoms with Gasteiger partial charge in [0, 0.05) is 12.2 Å². The van der Waals surface area contributed by atoms with E-state index in [2.05, 4.69) is 31.4 Å². The molecule has 0 aliphatic heterocycles. The molecule has 94 valence electrons. The number of benzene rings is 1. The van der Waals surface area contributed by atoms with Gasteiger partial charge in [-0.25, -0.2) is 0 Å². The molecule has 2 aromatic rings. The molecule has 0 fully saturated rings. The van der Waals surface area contributed by atoms with Crippen LogP contribution in [0.5, 0.6) is 5.75 Å². The van der Waals surface area contributed by atoms with Crippen LogP contribution in [0.4, 0.5) is 0 Å². The number of nitriles is 1. The lowest BCUT2D eigenvalue weighted by atomic mass is 10.0. The number of nitrogens with zero attached hydrogens (tertiary/aromatic N) is 2. The first-order valence-corrected chi connectivity index (χ1v) is 6.36. The lowest BCUT2D eigenvalue weighted by Gasteiger charge is -2.12. The number of aromatic hydroxyl groups is 1. The lowest BCUT2D eigenvalue weighted by Crippen LogP contribution is -2.04. The van der Waals surface area contributed by atoms with E-state index in [4.69, 9.17) is 0 Å². The summed E-state index contributed by atoms with van der Waals surface area (Å²) in [4.78, 5) is 0. The fourth-order valence-corrected chi connectivity index (χ4v) is 2.58. The zero-order valence-electron chi connectivity index (χ0n) is 11.1. The Bertz CT molecular complexity index is 617. The Labute approximate surface area is 107 Å². The number of hydrogen-bond donors (Lipinski definition) is 1. The minimum absolute atomic E-state index is 0.195. The van der Waals surface area contributed by atoms with Crippen molar-refractivity contribution in [3.05, 3.63) is 29.5 Å². The topological polar surface area (TPSA) is 49.0 Å². The van der Waals surface area contributed by atoms with Crippen molar-refractivity contribution in [2.24, 2.45) is 0 Å². The molecule has 0 saturated heterocycles. The Morgan fingerprint density at radius 2 is 2.11 bits per heavy atom. The molecule has 0 radical (unpaired) electrons. The summed E-state index contributed by atoms with van der Waals surface area (Å²) in [6.07, 6.45) is 1.00. The van der Waals surface area contributed by atoms with Gasteiger partial charge >= 0.3 is 0 Å². The Balaban J connectivity index is 2.91. The maximum Gasteiger partial charge on any atom is 0.126 e. The van der Waals surface area contributed by atoms with Crippen LogP contribution in [0.2, 0.25) is 0 Å². The van der Waals surface area contributed by atoms with E-state index in [1.807, 2.05) is 12.1 Å². The molecule has 0 bridgehead atoms. The summed E-state index contributed by atoms with van der Waals surface area (Å²) in [5.74, 6) is 0.457. The number of aromatic nitrogens is 1. The molecule has 3 heteroatoms. The SMILES string of the molecule is CCCn1c(C(C)C)c(C#N)c2c(O)cccc21. The molecule has 1 N–H and O–H groups in total. The number of phenols is 1. The largest absolute Gasteiger partial charge is 0.507 e. The fraction of sp³-hybridized carbons (Fsp3) is 0.400. The van der Waals surface area contributed by atoms with Gasteiger partial charge in [0.25, 0.3) is 0 Å². The number of hydrogen-bond acceptors (Lipinski definition) is 2. The second-order valence-electron chi connectivity index (χ2n) is 4.85. The molecule has 1 aromatic heterocycles. The van der Waals surface area contributed by atoms with Crippen LogP contribution < -0.4 is 0 Å². The van der Waals surface area contributed by atoms with Gasteiger partial charge in [-0.1, -0.05) is 26.8 Å². The Morgan fingerprint density at radius 3 is 2.67 bits per heavy atom. The van der Waals surface area contributed by atoms with E-state index in [0.29, 0.717) is 10.9 Å². The number of fused-ring (bicyclic) bond motifs is 1. The maximum absolute atomic E-state index is 10.0. The smallest absolute Gasteiger partial charge is 0.126 e. The minimum atomic E-state index is 0.195. The third-order valence-electron chi connectivity index (χ3n) is 3.21. The van der Waals surface area contributed by atoms with Crippen LogP contribution in [0, 0.1) is 11.3 Å². The molecule has 0 atom stereocenters. The van der Waals surface area contributed by atoms with E-state index >= 15 is 0 Å². The zero-order valence-corrected chi connectivity index (χ0v) is 11.1. The Hall–Kier alpha value is -1.95. The molecule has 3 nitrogen and oxygen atoms in total. The predicted molar refractivity (Wildman–Crippen MR) is 72.7 cm³/mol. The van der Waals surface area contributed by atoms with E-state index < -0.39 is 0 Å². The van der Waals surface area contributed by atoms with E-state index in [9.17, 15) is 10.4 Å². The summed E-state index contributed by atoms with van der Waals surface area (Å²) in [6, 6.07) is 7.70. The Morgan fingerprint density at radius 1 is 1.39 bits per heavy atom. The second kappa shape index (κ2) is 4.73. The van der Waals surface area contributed by atoms with Crippen LogP contribution in [-0.2, 0) is 6.54 Å². The average Bonchev–Trinajstić information content (AvgIpc) is 2.65. The van der Waals surface area contributed by atoms with Gasteiger partial charge in [-0.3, -0.25) is 0 Å². The van der Waals surface area contributed by atoms with Gasteiger partial charge in [-0.05, 0) is 24.5 Å². The monoisotopic (exact) mass is 242 g/mol. The first kappa shape index (κ1) is 12.5. The molecule has 1 heterocycles. The second-order valence-corrected chi connectivity index (χ2v) is 4.85. The van der Waals surface area contributed by atoms with E-state index in [1.165, 1.54) is 0 Å². The van der Waals surface area contributed by atoms with Crippen LogP contribution in [0.15, 0.2) is 18.2 Å². The van der Waals surface area contributed by atoms with Crippen molar-refractivity contribution in [3.63, 3.8) is 0 Å². The normalized spacial score (nSPS) is 11.1. The quantitative estimate of drug-likeness (QED) is 0.891. The van der Waals surface area contributed by atoms with Gasteiger partial charge in [-0.2, -0.15) is 5.26 Å². The maximum atomic E-state index is 10.0. The van der Waals surface area contributed by atoms with Crippen molar-refractivity contribution < 1.29 is 5.11 Å². The van der Waals surface area contributed by atoms with Crippen molar-refractivity contribution in [3.8, 4) is 11.8 Å². The molecule has 2 rings (SSSR count). The van der Waals surface area contributed by atoms with Crippen molar-refractivity contribution in [1.82, 2.24) is 4.57 Å². The highest BCUT2D eigenvalue weighted by Gasteiger charge is 2.20. The summed E-state index contributed by atoms with van der Waals surface area (Å²) in [5, 5.41) is 20.1. The van der Waals surface area contributed by atoms with Gasteiger partial charge in [-0.15, -0.1) is 0 Å². The van der Waals surface area contributed by atoms with Crippen LogP contribution in [-0.4, -0.2) is 9.67 Å². The summed E-state index contributed by atoms with van der Waals surface area (Å²) in [7, 11) is 0. The predicted octanol–water partition coefficient (Wildman–Crippen LogP) is 3.75. The van der Waals surface area contributed by atoms with E-state index in [-0.39, 0.29) is 11.7 Å². The molecule has 0 amide bonds.